The number of hydrogen-bond acceptors (Lipinski definition) is 5. The fourth-order valence-electron chi connectivity index (χ4n) is 2.63. The normalized spacial score (nSPS) is 23.4. The van der Waals surface area contributed by atoms with Crippen LogP contribution in [0.25, 0.3) is 0 Å². The Morgan fingerprint density at radius 1 is 1.28 bits per heavy atom. The van der Waals surface area contributed by atoms with E-state index in [1.165, 1.54) is 5.56 Å². The van der Waals surface area contributed by atoms with Crippen LogP contribution in [0.4, 0.5) is 0 Å². The van der Waals surface area contributed by atoms with Crippen LogP contribution in [-0.4, -0.2) is 16.7 Å². The van der Waals surface area contributed by atoms with Gasteiger partial charge in [-0.25, -0.2) is 5.43 Å². The maximum atomic E-state index is 5.26. The van der Waals surface area contributed by atoms with Gasteiger partial charge in [0.15, 0.2) is 0 Å². The Morgan fingerprint density at radius 3 is 2.72 bits per heavy atom. The number of hydrazine groups is 1. The molecule has 0 amide bonds. The van der Waals surface area contributed by atoms with Crippen LogP contribution < -0.4 is 10.9 Å². The van der Waals surface area contributed by atoms with Gasteiger partial charge in [0.2, 0.25) is 0 Å². The summed E-state index contributed by atoms with van der Waals surface area (Å²) in [4.78, 5) is 4.07. The molecule has 1 fully saturated rings. The second-order valence-electron chi connectivity index (χ2n) is 4.63. The lowest BCUT2D eigenvalue weighted by Gasteiger charge is -2.18. The summed E-state index contributed by atoms with van der Waals surface area (Å²) in [7, 11) is 0. The summed E-state index contributed by atoms with van der Waals surface area (Å²) in [6, 6.07) is 4.31. The molecule has 2 N–H and O–H groups in total. The lowest BCUT2D eigenvalue weighted by atomic mass is 9.88. The molecule has 1 saturated heterocycles. The van der Waals surface area contributed by atoms with E-state index in [9.17, 15) is 0 Å². The second-order valence-corrected chi connectivity index (χ2v) is 4.63. The van der Waals surface area contributed by atoms with Crippen molar-refractivity contribution in [2.75, 3.05) is 6.54 Å². The maximum absolute atomic E-state index is 5.26. The summed E-state index contributed by atoms with van der Waals surface area (Å²) in [5.74, 6) is 1.25. The van der Waals surface area contributed by atoms with Crippen molar-refractivity contribution in [1.29, 1.82) is 0 Å². The Labute approximate surface area is 106 Å². The van der Waals surface area contributed by atoms with Crippen molar-refractivity contribution in [1.82, 2.24) is 21.0 Å². The third kappa shape index (κ3) is 1.81. The minimum absolute atomic E-state index is 0.193. The fourth-order valence-corrected chi connectivity index (χ4v) is 2.63. The van der Waals surface area contributed by atoms with Crippen LogP contribution in [0.1, 0.15) is 34.5 Å². The van der Waals surface area contributed by atoms with E-state index < -0.39 is 0 Å². The summed E-state index contributed by atoms with van der Waals surface area (Å²) in [5, 5.41) is 4.03. The van der Waals surface area contributed by atoms with Crippen molar-refractivity contribution >= 4 is 0 Å². The number of pyridine rings is 1. The topological polar surface area (TPSA) is 63.0 Å². The minimum Gasteiger partial charge on any atom is -0.361 e. The van der Waals surface area contributed by atoms with Crippen LogP contribution in [0, 0.1) is 13.8 Å². The molecule has 0 radical (unpaired) electrons. The summed E-state index contributed by atoms with van der Waals surface area (Å²) >= 11 is 0. The zero-order valence-corrected chi connectivity index (χ0v) is 10.5. The quantitative estimate of drug-likeness (QED) is 0.840. The predicted molar refractivity (Wildman–Crippen MR) is 66.8 cm³/mol. The molecule has 5 nitrogen and oxygen atoms in total. The fraction of sp³-hybridized carbons (Fsp3) is 0.385. The van der Waals surface area contributed by atoms with Gasteiger partial charge in [-0.15, -0.1) is 0 Å². The molecule has 0 saturated carbocycles. The van der Waals surface area contributed by atoms with Crippen molar-refractivity contribution in [2.24, 2.45) is 0 Å². The molecule has 0 aromatic carbocycles. The van der Waals surface area contributed by atoms with Gasteiger partial charge >= 0.3 is 0 Å². The first-order valence-electron chi connectivity index (χ1n) is 6.08. The van der Waals surface area contributed by atoms with E-state index in [2.05, 4.69) is 33.1 Å². The van der Waals surface area contributed by atoms with Crippen LogP contribution in [0.5, 0.6) is 0 Å². The van der Waals surface area contributed by atoms with E-state index in [1.54, 1.807) is 0 Å². The highest BCUT2D eigenvalue weighted by Crippen LogP contribution is 2.35. The SMILES string of the molecule is Cc1noc(C)c1C1NNCC1c1ccncc1. The van der Waals surface area contributed by atoms with Gasteiger partial charge in [-0.1, -0.05) is 5.16 Å². The highest BCUT2D eigenvalue weighted by Gasteiger charge is 2.33. The first-order chi connectivity index (χ1) is 8.77. The molecular weight excluding hydrogens is 228 g/mol. The predicted octanol–water partition coefficient (Wildman–Crippen LogP) is 1.62. The van der Waals surface area contributed by atoms with Gasteiger partial charge in [-0.3, -0.25) is 10.4 Å². The number of nitrogens with one attached hydrogen (secondary N) is 2. The molecule has 94 valence electrons. The number of hydrogen-bond donors (Lipinski definition) is 2. The van der Waals surface area contributed by atoms with E-state index in [0.717, 1.165) is 23.6 Å². The van der Waals surface area contributed by atoms with Gasteiger partial charge in [0.1, 0.15) is 5.76 Å². The Morgan fingerprint density at radius 2 is 2.06 bits per heavy atom. The Kier molecular flexibility index (Phi) is 2.85. The lowest BCUT2D eigenvalue weighted by Crippen LogP contribution is -2.25. The second kappa shape index (κ2) is 4.51. The van der Waals surface area contributed by atoms with E-state index in [-0.39, 0.29) is 6.04 Å². The summed E-state index contributed by atoms with van der Waals surface area (Å²) < 4.78 is 5.26. The minimum atomic E-state index is 0.193. The summed E-state index contributed by atoms with van der Waals surface area (Å²) in [5.41, 5.74) is 9.92. The van der Waals surface area contributed by atoms with Gasteiger partial charge in [-0.2, -0.15) is 0 Å². The van der Waals surface area contributed by atoms with Crippen molar-refractivity contribution in [3.8, 4) is 0 Å². The third-order valence-corrected chi connectivity index (χ3v) is 3.52. The molecule has 1 aliphatic rings. The van der Waals surface area contributed by atoms with Crippen molar-refractivity contribution in [2.45, 2.75) is 25.8 Å². The van der Waals surface area contributed by atoms with Crippen LogP contribution in [-0.2, 0) is 0 Å². The van der Waals surface area contributed by atoms with Gasteiger partial charge < -0.3 is 4.52 Å². The summed E-state index contributed by atoms with van der Waals surface area (Å²) in [6.07, 6.45) is 3.66. The number of rotatable bonds is 2. The first-order valence-corrected chi connectivity index (χ1v) is 6.08. The van der Waals surface area contributed by atoms with Gasteiger partial charge in [-0.05, 0) is 31.5 Å². The monoisotopic (exact) mass is 244 g/mol. The average molecular weight is 244 g/mol. The van der Waals surface area contributed by atoms with Gasteiger partial charge in [0.05, 0.1) is 11.7 Å². The lowest BCUT2D eigenvalue weighted by molar-refractivity contribution is 0.390. The molecule has 2 unspecified atom stereocenters. The average Bonchev–Trinajstić information content (AvgIpc) is 2.97. The number of aryl methyl sites for hydroxylation is 2. The maximum Gasteiger partial charge on any atom is 0.138 e. The summed E-state index contributed by atoms with van der Waals surface area (Å²) in [6.45, 7) is 4.83. The largest absolute Gasteiger partial charge is 0.361 e. The smallest absolute Gasteiger partial charge is 0.138 e. The van der Waals surface area contributed by atoms with Gasteiger partial charge in [0, 0.05) is 30.4 Å². The molecule has 18 heavy (non-hydrogen) atoms. The molecule has 2 aromatic rings. The molecule has 5 heteroatoms. The number of nitrogens with zero attached hydrogens (tertiary/aromatic N) is 2. The van der Waals surface area contributed by atoms with Crippen LogP contribution in [0.2, 0.25) is 0 Å². The first kappa shape index (κ1) is 11.4. The molecule has 2 aromatic heterocycles. The molecule has 0 aliphatic carbocycles. The van der Waals surface area contributed by atoms with E-state index >= 15 is 0 Å². The molecule has 3 heterocycles. The Hall–Kier alpha value is -1.72. The van der Waals surface area contributed by atoms with Crippen molar-refractivity contribution < 1.29 is 4.52 Å². The molecular formula is C13H16N4O. The van der Waals surface area contributed by atoms with E-state index in [4.69, 9.17) is 4.52 Å². The zero-order chi connectivity index (χ0) is 12.5. The molecule has 0 spiro atoms. The van der Waals surface area contributed by atoms with Gasteiger partial charge in [0.25, 0.3) is 0 Å². The Balaban J connectivity index is 1.97. The standard InChI is InChI=1S/C13H16N4O/c1-8-12(9(2)18-17-8)13-11(7-15-16-13)10-3-5-14-6-4-10/h3-6,11,13,15-16H,7H2,1-2H3. The molecule has 3 rings (SSSR count). The van der Waals surface area contributed by atoms with E-state index in [1.807, 2.05) is 26.2 Å². The molecule has 1 aliphatic heterocycles. The van der Waals surface area contributed by atoms with Crippen LogP contribution in [0.3, 0.4) is 0 Å². The zero-order valence-electron chi connectivity index (χ0n) is 10.5. The number of aromatic nitrogens is 2. The molecule has 2 atom stereocenters. The molecule has 0 bridgehead atoms. The Bertz CT molecular complexity index is 518. The van der Waals surface area contributed by atoms with Crippen LogP contribution in [0.15, 0.2) is 29.0 Å². The highest BCUT2D eigenvalue weighted by atomic mass is 16.5. The third-order valence-electron chi connectivity index (χ3n) is 3.52. The van der Waals surface area contributed by atoms with E-state index in [0.29, 0.717) is 5.92 Å². The highest BCUT2D eigenvalue weighted by molar-refractivity contribution is 5.32. The van der Waals surface area contributed by atoms with Crippen molar-refractivity contribution in [3.05, 3.63) is 47.1 Å². The van der Waals surface area contributed by atoms with Crippen molar-refractivity contribution in [3.63, 3.8) is 0 Å². The van der Waals surface area contributed by atoms with Crippen LogP contribution >= 0.6 is 0 Å².